The van der Waals surface area contributed by atoms with Gasteiger partial charge >= 0.3 is 0 Å². The summed E-state index contributed by atoms with van der Waals surface area (Å²) in [6.07, 6.45) is 1.97. The lowest BCUT2D eigenvalue weighted by molar-refractivity contribution is 0.555. The van der Waals surface area contributed by atoms with E-state index in [-0.39, 0.29) is 5.41 Å². The quantitative estimate of drug-likeness (QED) is 0.600. The number of hydrogen-bond acceptors (Lipinski definition) is 4. The average molecular weight is 211 g/mol. The Morgan fingerprint density at radius 2 is 2.00 bits per heavy atom. The Balaban J connectivity index is 3.17. The number of nitrogens with zero attached hydrogens (tertiary/aromatic N) is 2. The molecule has 0 bridgehead atoms. The Morgan fingerprint density at radius 3 is 2.43 bits per heavy atom. The molecular weight excluding hydrogens is 194 g/mol. The molecule has 1 heterocycles. The van der Waals surface area contributed by atoms with Crippen molar-refractivity contribution in [3.05, 3.63) is 17.5 Å². The van der Waals surface area contributed by atoms with Crippen LogP contribution in [0.25, 0.3) is 0 Å². The van der Waals surface area contributed by atoms with Crippen molar-refractivity contribution in [1.82, 2.24) is 9.97 Å². The molecule has 0 saturated carbocycles. The van der Waals surface area contributed by atoms with Gasteiger partial charge in [-0.3, -0.25) is 0 Å². The summed E-state index contributed by atoms with van der Waals surface area (Å²) in [5.74, 6) is 0. The first-order valence-electron chi connectivity index (χ1n) is 4.60. The van der Waals surface area contributed by atoms with E-state index in [1.54, 1.807) is 11.8 Å². The van der Waals surface area contributed by atoms with E-state index in [4.69, 9.17) is 5.73 Å². The van der Waals surface area contributed by atoms with Crippen LogP contribution in [0.5, 0.6) is 0 Å². The van der Waals surface area contributed by atoms with Crippen molar-refractivity contribution in [1.29, 1.82) is 0 Å². The van der Waals surface area contributed by atoms with Crippen LogP contribution in [0.2, 0.25) is 0 Å². The van der Waals surface area contributed by atoms with Crippen LogP contribution in [0.3, 0.4) is 0 Å². The van der Waals surface area contributed by atoms with Crippen molar-refractivity contribution in [2.45, 2.75) is 37.9 Å². The monoisotopic (exact) mass is 211 g/mol. The standard InChI is InChI=1S/C10H17N3S/c1-10(2,3)8-5-7(6-11)12-9(13-8)14-4/h5H,6,11H2,1-4H3. The van der Waals surface area contributed by atoms with Gasteiger partial charge in [0.25, 0.3) is 0 Å². The van der Waals surface area contributed by atoms with E-state index >= 15 is 0 Å². The van der Waals surface area contributed by atoms with E-state index in [1.165, 1.54) is 0 Å². The zero-order valence-electron chi connectivity index (χ0n) is 9.16. The first kappa shape index (κ1) is 11.5. The van der Waals surface area contributed by atoms with Crippen LogP contribution in [0.4, 0.5) is 0 Å². The first-order chi connectivity index (χ1) is 6.47. The summed E-state index contributed by atoms with van der Waals surface area (Å²) >= 11 is 1.55. The lowest BCUT2D eigenvalue weighted by Gasteiger charge is -2.18. The van der Waals surface area contributed by atoms with Crippen LogP contribution in [-0.4, -0.2) is 16.2 Å². The van der Waals surface area contributed by atoms with E-state index in [2.05, 4.69) is 30.7 Å². The van der Waals surface area contributed by atoms with E-state index in [0.29, 0.717) is 6.54 Å². The molecule has 2 N–H and O–H groups in total. The maximum atomic E-state index is 5.59. The minimum Gasteiger partial charge on any atom is -0.325 e. The largest absolute Gasteiger partial charge is 0.325 e. The second kappa shape index (κ2) is 4.28. The van der Waals surface area contributed by atoms with Gasteiger partial charge in [-0.05, 0) is 12.3 Å². The van der Waals surface area contributed by atoms with Crippen LogP contribution in [-0.2, 0) is 12.0 Å². The molecule has 0 amide bonds. The molecule has 3 nitrogen and oxygen atoms in total. The Bertz CT molecular complexity index is 295. The summed E-state index contributed by atoms with van der Waals surface area (Å²) in [6.45, 7) is 6.89. The highest BCUT2D eigenvalue weighted by Crippen LogP contribution is 2.22. The second-order valence-electron chi connectivity index (χ2n) is 4.19. The predicted octanol–water partition coefficient (Wildman–Crippen LogP) is 1.95. The molecule has 0 radical (unpaired) electrons. The summed E-state index contributed by atoms with van der Waals surface area (Å²) in [6, 6.07) is 1.99. The highest BCUT2D eigenvalue weighted by atomic mass is 32.2. The zero-order chi connectivity index (χ0) is 10.8. The third-order valence-electron chi connectivity index (χ3n) is 1.92. The van der Waals surface area contributed by atoms with Crippen LogP contribution in [0, 0.1) is 0 Å². The summed E-state index contributed by atoms with van der Waals surface area (Å²) in [7, 11) is 0. The smallest absolute Gasteiger partial charge is 0.187 e. The normalized spacial score (nSPS) is 11.8. The zero-order valence-corrected chi connectivity index (χ0v) is 9.98. The Labute approximate surface area is 89.5 Å². The first-order valence-corrected chi connectivity index (χ1v) is 5.82. The summed E-state index contributed by atoms with van der Waals surface area (Å²) in [5, 5.41) is 0.804. The Kier molecular flexibility index (Phi) is 3.50. The number of nitrogens with two attached hydrogens (primary N) is 1. The minimum absolute atomic E-state index is 0.0529. The lowest BCUT2D eigenvalue weighted by atomic mass is 9.91. The molecule has 0 aliphatic carbocycles. The fourth-order valence-corrected chi connectivity index (χ4v) is 1.45. The molecule has 0 aliphatic heterocycles. The lowest BCUT2D eigenvalue weighted by Crippen LogP contribution is -2.16. The van der Waals surface area contributed by atoms with E-state index in [1.807, 2.05) is 12.3 Å². The van der Waals surface area contributed by atoms with Crippen molar-refractivity contribution < 1.29 is 0 Å². The third-order valence-corrected chi connectivity index (χ3v) is 2.47. The van der Waals surface area contributed by atoms with Gasteiger partial charge in [-0.1, -0.05) is 32.5 Å². The minimum atomic E-state index is 0.0529. The van der Waals surface area contributed by atoms with Crippen LogP contribution < -0.4 is 5.73 Å². The molecule has 0 aromatic carbocycles. The van der Waals surface area contributed by atoms with Crippen molar-refractivity contribution in [3.8, 4) is 0 Å². The number of hydrogen-bond donors (Lipinski definition) is 1. The maximum Gasteiger partial charge on any atom is 0.187 e. The molecule has 1 aromatic rings. The van der Waals surface area contributed by atoms with Gasteiger partial charge in [0.1, 0.15) is 0 Å². The molecular formula is C10H17N3S. The fraction of sp³-hybridized carbons (Fsp3) is 0.600. The SMILES string of the molecule is CSc1nc(CN)cc(C(C)(C)C)n1. The van der Waals surface area contributed by atoms with Crippen molar-refractivity contribution in [3.63, 3.8) is 0 Å². The van der Waals surface area contributed by atoms with Crippen LogP contribution in [0.15, 0.2) is 11.2 Å². The average Bonchev–Trinajstić information content (AvgIpc) is 2.15. The highest BCUT2D eigenvalue weighted by molar-refractivity contribution is 7.98. The molecule has 0 spiro atoms. The van der Waals surface area contributed by atoms with Gasteiger partial charge in [-0.25, -0.2) is 9.97 Å². The topological polar surface area (TPSA) is 51.8 Å². The molecule has 0 unspecified atom stereocenters. The van der Waals surface area contributed by atoms with Gasteiger partial charge in [0.2, 0.25) is 0 Å². The number of aromatic nitrogens is 2. The number of thioether (sulfide) groups is 1. The summed E-state index contributed by atoms with van der Waals surface area (Å²) < 4.78 is 0. The van der Waals surface area contributed by atoms with Crippen molar-refractivity contribution in [2.75, 3.05) is 6.26 Å². The molecule has 1 aromatic heterocycles. The fourth-order valence-electron chi connectivity index (χ4n) is 1.05. The van der Waals surface area contributed by atoms with Gasteiger partial charge in [0, 0.05) is 12.0 Å². The summed E-state index contributed by atoms with van der Waals surface area (Å²) in [4.78, 5) is 8.78. The number of rotatable bonds is 2. The molecule has 0 saturated heterocycles. The molecule has 14 heavy (non-hydrogen) atoms. The molecule has 0 aliphatic rings. The van der Waals surface area contributed by atoms with E-state index < -0.39 is 0 Å². The molecule has 4 heteroatoms. The van der Waals surface area contributed by atoms with E-state index in [0.717, 1.165) is 16.5 Å². The van der Waals surface area contributed by atoms with Gasteiger partial charge in [0.15, 0.2) is 5.16 Å². The van der Waals surface area contributed by atoms with Crippen molar-refractivity contribution in [2.24, 2.45) is 5.73 Å². The van der Waals surface area contributed by atoms with Gasteiger partial charge in [-0.2, -0.15) is 0 Å². The van der Waals surface area contributed by atoms with Gasteiger partial charge in [-0.15, -0.1) is 0 Å². The third kappa shape index (κ3) is 2.69. The molecule has 78 valence electrons. The molecule has 1 rings (SSSR count). The predicted molar refractivity (Wildman–Crippen MR) is 60.4 cm³/mol. The highest BCUT2D eigenvalue weighted by Gasteiger charge is 2.17. The second-order valence-corrected chi connectivity index (χ2v) is 4.96. The van der Waals surface area contributed by atoms with Crippen LogP contribution >= 0.6 is 11.8 Å². The Hall–Kier alpha value is -0.610. The van der Waals surface area contributed by atoms with Gasteiger partial charge < -0.3 is 5.73 Å². The maximum absolute atomic E-state index is 5.59. The molecule has 0 atom stereocenters. The van der Waals surface area contributed by atoms with Gasteiger partial charge in [0.05, 0.1) is 11.4 Å². The van der Waals surface area contributed by atoms with E-state index in [9.17, 15) is 0 Å². The Morgan fingerprint density at radius 1 is 1.36 bits per heavy atom. The molecule has 0 fully saturated rings. The summed E-state index contributed by atoms with van der Waals surface area (Å²) in [5.41, 5.74) is 7.60. The van der Waals surface area contributed by atoms with Crippen molar-refractivity contribution >= 4 is 11.8 Å². The van der Waals surface area contributed by atoms with Crippen LogP contribution in [0.1, 0.15) is 32.2 Å².